The maximum absolute atomic E-state index is 9.40. The number of rotatable bonds is 7. The summed E-state index contributed by atoms with van der Waals surface area (Å²) in [5.41, 5.74) is 4.63. The fourth-order valence-corrected chi connectivity index (χ4v) is 3.73. The molecule has 28 heavy (non-hydrogen) atoms. The number of aromatic amines is 1. The van der Waals surface area contributed by atoms with Crippen LogP contribution >= 0.6 is 0 Å². The van der Waals surface area contributed by atoms with E-state index in [-0.39, 0.29) is 6.04 Å². The van der Waals surface area contributed by atoms with Crippen molar-refractivity contribution < 1.29 is 0 Å². The minimum atomic E-state index is 0.142. The molecule has 0 amide bonds. The molecule has 4 rings (SSSR count). The molecule has 140 valence electrons. The summed E-state index contributed by atoms with van der Waals surface area (Å²) in [6, 6.07) is 16.3. The molecule has 0 saturated carbocycles. The molecule has 0 bridgehead atoms. The van der Waals surface area contributed by atoms with Gasteiger partial charge in [0, 0.05) is 12.4 Å². The van der Waals surface area contributed by atoms with Crippen LogP contribution in [0.1, 0.15) is 50.0 Å². The molecule has 5 nitrogen and oxygen atoms in total. The van der Waals surface area contributed by atoms with E-state index < -0.39 is 0 Å². The molecule has 1 N–H and O–H groups in total. The molecule has 2 aromatic heterocycles. The van der Waals surface area contributed by atoms with Gasteiger partial charge in [0.1, 0.15) is 5.82 Å². The van der Waals surface area contributed by atoms with Crippen LogP contribution in [-0.2, 0) is 0 Å². The molecule has 0 aliphatic rings. The zero-order chi connectivity index (χ0) is 19.3. The van der Waals surface area contributed by atoms with Crippen LogP contribution in [0, 0.1) is 11.3 Å². The van der Waals surface area contributed by atoms with E-state index in [0.717, 1.165) is 40.8 Å². The molecule has 0 aliphatic heterocycles. The quantitative estimate of drug-likeness (QED) is 0.439. The van der Waals surface area contributed by atoms with Crippen molar-refractivity contribution in [3.05, 3.63) is 72.6 Å². The van der Waals surface area contributed by atoms with Crippen molar-refractivity contribution in [2.45, 2.75) is 38.6 Å². The molecule has 0 radical (unpaired) electrons. The fraction of sp³-hybridized carbons (Fsp3) is 0.261. The van der Waals surface area contributed by atoms with E-state index in [2.05, 4.69) is 50.7 Å². The lowest BCUT2D eigenvalue weighted by atomic mass is 10.00. The van der Waals surface area contributed by atoms with Crippen LogP contribution in [0.5, 0.6) is 0 Å². The third-order valence-corrected chi connectivity index (χ3v) is 5.19. The minimum Gasteiger partial charge on any atom is -0.347 e. The van der Waals surface area contributed by atoms with Gasteiger partial charge in [-0.1, -0.05) is 50.5 Å². The van der Waals surface area contributed by atoms with E-state index in [4.69, 9.17) is 0 Å². The number of benzene rings is 2. The molecular formula is C23H23N5. The predicted octanol–water partition coefficient (Wildman–Crippen LogP) is 5.47. The van der Waals surface area contributed by atoms with Crippen LogP contribution in [-0.4, -0.2) is 19.5 Å². The zero-order valence-corrected chi connectivity index (χ0v) is 16.0. The number of imidazole rings is 2. The molecule has 1 unspecified atom stereocenters. The number of nitrogens with zero attached hydrogens (tertiary/aromatic N) is 4. The van der Waals surface area contributed by atoms with Crippen molar-refractivity contribution in [1.82, 2.24) is 19.5 Å². The van der Waals surface area contributed by atoms with Crippen LogP contribution < -0.4 is 0 Å². The van der Waals surface area contributed by atoms with Crippen LogP contribution in [0.25, 0.3) is 22.2 Å². The van der Waals surface area contributed by atoms with Crippen molar-refractivity contribution in [3.63, 3.8) is 0 Å². The van der Waals surface area contributed by atoms with Crippen LogP contribution in [0.4, 0.5) is 0 Å². The second-order valence-electron chi connectivity index (χ2n) is 7.00. The van der Waals surface area contributed by atoms with Gasteiger partial charge in [-0.25, -0.2) is 9.97 Å². The van der Waals surface area contributed by atoms with Crippen molar-refractivity contribution in [1.29, 1.82) is 5.26 Å². The highest BCUT2D eigenvalue weighted by Gasteiger charge is 2.18. The van der Waals surface area contributed by atoms with Crippen molar-refractivity contribution in [3.8, 4) is 17.2 Å². The van der Waals surface area contributed by atoms with Gasteiger partial charge in [-0.15, -0.1) is 0 Å². The normalized spacial score (nSPS) is 12.1. The summed E-state index contributed by atoms with van der Waals surface area (Å²) in [5, 5.41) is 9.40. The molecule has 5 heteroatoms. The summed E-state index contributed by atoms with van der Waals surface area (Å²) in [7, 11) is 0. The van der Waals surface area contributed by atoms with Gasteiger partial charge < -0.3 is 9.55 Å². The summed E-state index contributed by atoms with van der Waals surface area (Å²) in [6.45, 7) is 2.22. The van der Waals surface area contributed by atoms with E-state index in [0.29, 0.717) is 5.56 Å². The number of nitriles is 1. The number of nitrogens with one attached hydrogen (secondary N) is 1. The summed E-state index contributed by atoms with van der Waals surface area (Å²) in [4.78, 5) is 12.4. The average Bonchev–Trinajstić information content (AvgIpc) is 3.41. The smallest absolute Gasteiger partial charge is 0.129 e. The van der Waals surface area contributed by atoms with Gasteiger partial charge >= 0.3 is 0 Å². The highest BCUT2D eigenvalue weighted by Crippen LogP contribution is 2.30. The Morgan fingerprint density at radius 1 is 1.14 bits per heavy atom. The molecule has 0 spiro atoms. The van der Waals surface area contributed by atoms with Crippen LogP contribution in [0.2, 0.25) is 0 Å². The predicted molar refractivity (Wildman–Crippen MR) is 111 cm³/mol. The molecule has 1 atom stereocenters. The van der Waals surface area contributed by atoms with E-state index in [1.165, 1.54) is 12.8 Å². The molecule has 2 aromatic carbocycles. The number of aromatic nitrogens is 4. The first-order valence-corrected chi connectivity index (χ1v) is 9.77. The Hall–Kier alpha value is -3.39. The van der Waals surface area contributed by atoms with E-state index in [1.807, 2.05) is 36.8 Å². The summed E-state index contributed by atoms with van der Waals surface area (Å²) < 4.78 is 2.21. The monoisotopic (exact) mass is 369 g/mol. The molecular weight excluding hydrogens is 346 g/mol. The number of hydrogen-bond acceptors (Lipinski definition) is 3. The lowest BCUT2D eigenvalue weighted by Gasteiger charge is -2.17. The number of unbranched alkanes of at least 4 members (excludes halogenated alkanes) is 2. The first-order valence-electron chi connectivity index (χ1n) is 9.77. The highest BCUT2D eigenvalue weighted by atomic mass is 15.1. The van der Waals surface area contributed by atoms with Gasteiger partial charge in [-0.05, 0) is 35.7 Å². The summed E-state index contributed by atoms with van der Waals surface area (Å²) in [6.07, 6.45) is 10.2. The average molecular weight is 369 g/mol. The molecule has 4 aromatic rings. The molecule has 0 saturated heterocycles. The lowest BCUT2D eigenvalue weighted by Crippen LogP contribution is -2.11. The Morgan fingerprint density at radius 2 is 2.04 bits per heavy atom. The Balaban J connectivity index is 1.73. The Bertz CT molecular complexity index is 1100. The Labute approximate surface area is 164 Å². The molecule has 0 fully saturated rings. The topological polar surface area (TPSA) is 70.3 Å². The number of fused-ring (bicyclic) bond motifs is 1. The second-order valence-corrected chi connectivity index (χ2v) is 7.00. The second kappa shape index (κ2) is 8.10. The third-order valence-electron chi connectivity index (χ3n) is 5.19. The van der Waals surface area contributed by atoms with Gasteiger partial charge in [0.05, 0.1) is 35.0 Å². The summed E-state index contributed by atoms with van der Waals surface area (Å²) in [5.74, 6) is 0.967. The third kappa shape index (κ3) is 3.41. The Morgan fingerprint density at radius 3 is 2.82 bits per heavy atom. The number of H-pyrrole nitrogens is 1. The maximum atomic E-state index is 9.40. The SMILES string of the molecule is CCCCCC(c1ncc[nH]1)n1cnc2cc(-c3ccccc3C#N)ccc21. The zero-order valence-electron chi connectivity index (χ0n) is 16.0. The Kier molecular flexibility index (Phi) is 5.20. The largest absolute Gasteiger partial charge is 0.347 e. The number of hydrogen-bond donors (Lipinski definition) is 1. The van der Waals surface area contributed by atoms with E-state index in [1.54, 1.807) is 6.20 Å². The van der Waals surface area contributed by atoms with Crippen molar-refractivity contribution >= 4 is 11.0 Å². The highest BCUT2D eigenvalue weighted by molar-refractivity contribution is 5.83. The fourth-order valence-electron chi connectivity index (χ4n) is 3.73. The van der Waals surface area contributed by atoms with Gasteiger partial charge in [-0.2, -0.15) is 5.26 Å². The lowest BCUT2D eigenvalue weighted by molar-refractivity contribution is 0.496. The van der Waals surface area contributed by atoms with Gasteiger partial charge in [0.15, 0.2) is 0 Å². The first-order chi connectivity index (χ1) is 13.8. The van der Waals surface area contributed by atoms with Crippen LogP contribution in [0.3, 0.4) is 0 Å². The molecule has 2 heterocycles. The maximum Gasteiger partial charge on any atom is 0.129 e. The standard InChI is InChI=1S/C23H23N5/c1-2-3-4-9-22(23-25-12-13-26-23)28-16-27-20-14-17(10-11-21(20)28)19-8-6-5-7-18(19)15-24/h5-8,10-14,16,22H,2-4,9H2,1H3,(H,25,26). The van der Waals surface area contributed by atoms with Crippen LogP contribution in [0.15, 0.2) is 61.2 Å². The van der Waals surface area contributed by atoms with Gasteiger partial charge in [0.2, 0.25) is 0 Å². The molecule has 0 aliphatic carbocycles. The first kappa shape index (κ1) is 18.0. The van der Waals surface area contributed by atoms with E-state index in [9.17, 15) is 5.26 Å². The van der Waals surface area contributed by atoms with Crippen molar-refractivity contribution in [2.24, 2.45) is 0 Å². The van der Waals surface area contributed by atoms with Crippen molar-refractivity contribution in [2.75, 3.05) is 0 Å². The van der Waals surface area contributed by atoms with E-state index >= 15 is 0 Å². The minimum absolute atomic E-state index is 0.142. The van der Waals surface area contributed by atoms with Gasteiger partial charge in [-0.3, -0.25) is 0 Å². The van der Waals surface area contributed by atoms with Gasteiger partial charge in [0.25, 0.3) is 0 Å². The summed E-state index contributed by atoms with van der Waals surface area (Å²) >= 11 is 0.